The highest BCUT2D eigenvalue weighted by molar-refractivity contribution is 6.24. The molecule has 6 aliphatic rings. The second-order valence-electron chi connectivity index (χ2n) is 9.14. The lowest BCUT2D eigenvalue weighted by molar-refractivity contribution is -0.143. The molecular formula is C18H24ClN3O. The van der Waals surface area contributed by atoms with E-state index in [1.54, 1.807) is 0 Å². The number of alkyl halides is 1. The van der Waals surface area contributed by atoms with E-state index in [1.165, 1.54) is 6.42 Å². The molecule has 4 nitrogen and oxygen atoms in total. The molecule has 0 radical (unpaired) electrons. The Kier molecular flexibility index (Phi) is 2.80. The quantitative estimate of drug-likeness (QED) is 0.789. The minimum Gasteiger partial charge on any atom is -0.322 e. The maximum atomic E-state index is 13.2. The minimum absolute atomic E-state index is 0.0313. The molecular weight excluding hydrogens is 310 g/mol. The first-order valence-corrected chi connectivity index (χ1v) is 9.47. The molecule has 124 valence electrons. The molecule has 2 unspecified atom stereocenters. The number of nitriles is 1. The summed E-state index contributed by atoms with van der Waals surface area (Å²) in [5.74, 6) is 1.87. The van der Waals surface area contributed by atoms with Gasteiger partial charge in [0.25, 0.3) is 0 Å². The molecule has 1 saturated heterocycles. The second-order valence-corrected chi connectivity index (χ2v) is 9.94. The molecule has 5 aliphatic carbocycles. The summed E-state index contributed by atoms with van der Waals surface area (Å²) in [4.78, 5) is 14.9. The van der Waals surface area contributed by atoms with Gasteiger partial charge in [-0.25, -0.2) is 0 Å². The van der Waals surface area contributed by atoms with Gasteiger partial charge in [0.1, 0.15) is 6.04 Å². The van der Waals surface area contributed by atoms with E-state index in [2.05, 4.69) is 6.07 Å². The van der Waals surface area contributed by atoms with Gasteiger partial charge in [-0.15, -0.1) is 11.6 Å². The molecule has 1 heterocycles. The standard InChI is InChI=1S/C18H24ClN3O/c19-18-6-10-1-11(7-18)5-17(4-10,9-18)15(21)16(23)22-13(8-20)2-12-3-14(12)22/h10-15H,1-7,9,21H2/t10-,11+,12-,13+,14+,15-,17?,18?/m1/s1. The van der Waals surface area contributed by atoms with Gasteiger partial charge >= 0.3 is 0 Å². The van der Waals surface area contributed by atoms with Gasteiger partial charge in [0, 0.05) is 10.9 Å². The van der Waals surface area contributed by atoms with E-state index in [-0.39, 0.29) is 28.3 Å². The smallest absolute Gasteiger partial charge is 0.241 e. The van der Waals surface area contributed by atoms with Crippen molar-refractivity contribution in [3.63, 3.8) is 0 Å². The molecule has 0 spiro atoms. The Labute approximate surface area is 142 Å². The fourth-order valence-corrected chi connectivity index (χ4v) is 7.60. The van der Waals surface area contributed by atoms with Gasteiger partial charge in [-0.2, -0.15) is 5.26 Å². The van der Waals surface area contributed by atoms with E-state index in [0.717, 1.165) is 44.9 Å². The van der Waals surface area contributed by atoms with Crippen LogP contribution in [-0.4, -0.2) is 33.8 Å². The van der Waals surface area contributed by atoms with Crippen LogP contribution in [0.15, 0.2) is 0 Å². The van der Waals surface area contributed by atoms with Gasteiger partial charge in [0.2, 0.25) is 5.91 Å². The molecule has 0 aromatic rings. The van der Waals surface area contributed by atoms with E-state index >= 15 is 0 Å². The first-order valence-electron chi connectivity index (χ1n) is 9.09. The Hall–Kier alpha value is -0.790. The Morgan fingerprint density at radius 2 is 1.91 bits per heavy atom. The zero-order chi connectivity index (χ0) is 16.0. The molecule has 4 bridgehead atoms. The Morgan fingerprint density at radius 3 is 2.52 bits per heavy atom. The lowest BCUT2D eigenvalue weighted by Gasteiger charge is -2.61. The second kappa shape index (κ2) is 4.43. The van der Waals surface area contributed by atoms with Gasteiger partial charge in [-0.3, -0.25) is 4.79 Å². The molecule has 0 aromatic heterocycles. The number of fused-ring (bicyclic) bond motifs is 1. The zero-order valence-electron chi connectivity index (χ0n) is 13.4. The SMILES string of the molecule is N#C[C@@H]1C[C@@H]2C[C@@H]2N1C(=O)[C@@H](N)C12C[C@@H]3C[C@@H](CC(Cl)(C3)C1)C2. The average molecular weight is 334 g/mol. The molecule has 8 atom stereocenters. The number of likely N-dealkylation sites (tertiary alicyclic amines) is 1. The highest BCUT2D eigenvalue weighted by atomic mass is 35.5. The summed E-state index contributed by atoms with van der Waals surface area (Å²) in [6, 6.07) is 1.88. The van der Waals surface area contributed by atoms with Crippen molar-refractivity contribution in [2.24, 2.45) is 28.9 Å². The van der Waals surface area contributed by atoms with Gasteiger partial charge in [-0.05, 0) is 74.5 Å². The number of hydrogen-bond donors (Lipinski definition) is 1. The first-order chi connectivity index (χ1) is 10.9. The van der Waals surface area contributed by atoms with Crippen molar-refractivity contribution < 1.29 is 4.79 Å². The highest BCUT2D eigenvalue weighted by Crippen LogP contribution is 2.65. The minimum atomic E-state index is -0.471. The Morgan fingerprint density at radius 1 is 1.22 bits per heavy atom. The number of nitrogens with zero attached hydrogens (tertiary/aromatic N) is 2. The summed E-state index contributed by atoms with van der Waals surface area (Å²) in [7, 11) is 0. The van der Waals surface area contributed by atoms with E-state index in [4.69, 9.17) is 17.3 Å². The van der Waals surface area contributed by atoms with Crippen LogP contribution in [0.1, 0.15) is 51.4 Å². The maximum absolute atomic E-state index is 13.2. The van der Waals surface area contributed by atoms with Crippen molar-refractivity contribution in [3.05, 3.63) is 0 Å². The van der Waals surface area contributed by atoms with Crippen molar-refractivity contribution in [1.82, 2.24) is 4.90 Å². The summed E-state index contributed by atoms with van der Waals surface area (Å²) in [6.45, 7) is 0. The lowest BCUT2D eigenvalue weighted by atomic mass is 9.47. The number of hydrogen-bond acceptors (Lipinski definition) is 3. The van der Waals surface area contributed by atoms with E-state index < -0.39 is 6.04 Å². The molecule has 2 N–H and O–H groups in total. The van der Waals surface area contributed by atoms with E-state index in [0.29, 0.717) is 17.8 Å². The van der Waals surface area contributed by atoms with Crippen LogP contribution in [-0.2, 0) is 4.79 Å². The molecule has 23 heavy (non-hydrogen) atoms. The summed E-state index contributed by atoms with van der Waals surface area (Å²) >= 11 is 6.89. The van der Waals surface area contributed by atoms with Crippen LogP contribution >= 0.6 is 11.6 Å². The third kappa shape index (κ3) is 1.96. The molecule has 1 aliphatic heterocycles. The van der Waals surface area contributed by atoms with Gasteiger partial charge in [-0.1, -0.05) is 0 Å². The summed E-state index contributed by atoms with van der Waals surface area (Å²) in [5, 5.41) is 9.37. The van der Waals surface area contributed by atoms with Crippen molar-refractivity contribution in [3.8, 4) is 6.07 Å². The fraction of sp³-hybridized carbons (Fsp3) is 0.889. The first kappa shape index (κ1) is 14.5. The largest absolute Gasteiger partial charge is 0.322 e. The fourth-order valence-electron chi connectivity index (χ4n) is 6.90. The number of rotatable bonds is 2. The van der Waals surface area contributed by atoms with Crippen LogP contribution in [0.5, 0.6) is 0 Å². The van der Waals surface area contributed by atoms with Crippen molar-refractivity contribution >= 4 is 17.5 Å². The van der Waals surface area contributed by atoms with Crippen LogP contribution in [0.3, 0.4) is 0 Å². The van der Waals surface area contributed by atoms with Crippen LogP contribution in [0.2, 0.25) is 0 Å². The predicted molar refractivity (Wildman–Crippen MR) is 86.4 cm³/mol. The van der Waals surface area contributed by atoms with Gasteiger partial charge in [0.15, 0.2) is 0 Å². The third-order valence-corrected chi connectivity index (χ3v) is 7.91. The van der Waals surface area contributed by atoms with Crippen LogP contribution < -0.4 is 5.73 Å². The number of amides is 1. The molecule has 1 amide bonds. The van der Waals surface area contributed by atoms with Crippen LogP contribution in [0.4, 0.5) is 0 Å². The van der Waals surface area contributed by atoms with Gasteiger partial charge in [0.05, 0.1) is 12.1 Å². The van der Waals surface area contributed by atoms with Crippen molar-refractivity contribution in [2.45, 2.75) is 74.4 Å². The lowest BCUT2D eigenvalue weighted by Crippen LogP contribution is -2.63. The summed E-state index contributed by atoms with van der Waals surface area (Å²) < 4.78 is 0. The molecule has 5 saturated carbocycles. The van der Waals surface area contributed by atoms with Crippen molar-refractivity contribution in [1.29, 1.82) is 5.26 Å². The van der Waals surface area contributed by atoms with Crippen molar-refractivity contribution in [2.75, 3.05) is 0 Å². The van der Waals surface area contributed by atoms with Crippen LogP contribution in [0.25, 0.3) is 0 Å². The highest BCUT2D eigenvalue weighted by Gasteiger charge is 2.62. The number of carbonyl (C=O) groups is 1. The summed E-state index contributed by atoms with van der Waals surface area (Å²) in [5.41, 5.74) is 6.48. The number of nitrogens with two attached hydrogens (primary N) is 1. The predicted octanol–water partition coefficient (Wildman–Crippen LogP) is 2.40. The average Bonchev–Trinajstić information content (AvgIpc) is 3.14. The molecule has 6 rings (SSSR count). The zero-order valence-corrected chi connectivity index (χ0v) is 14.1. The molecule has 6 fully saturated rings. The monoisotopic (exact) mass is 333 g/mol. The Bertz CT molecular complexity index is 600. The normalized spacial score (nSPS) is 53.8. The number of piperidine rings is 1. The number of halogens is 1. The Balaban J connectivity index is 1.43. The van der Waals surface area contributed by atoms with E-state index in [9.17, 15) is 10.1 Å². The maximum Gasteiger partial charge on any atom is 0.241 e. The topological polar surface area (TPSA) is 70.1 Å². The van der Waals surface area contributed by atoms with Gasteiger partial charge < -0.3 is 10.6 Å². The van der Waals surface area contributed by atoms with E-state index in [1.807, 2.05) is 4.90 Å². The third-order valence-electron chi connectivity index (χ3n) is 7.47. The molecule has 0 aromatic carbocycles. The number of carbonyl (C=O) groups excluding carboxylic acids is 1. The summed E-state index contributed by atoms with van der Waals surface area (Å²) in [6.07, 6.45) is 8.39. The molecule has 5 heteroatoms. The van der Waals surface area contributed by atoms with Crippen LogP contribution in [0, 0.1) is 34.5 Å².